The van der Waals surface area contributed by atoms with Crippen LogP contribution in [-0.2, 0) is 36.3 Å². The lowest BCUT2D eigenvalue weighted by Gasteiger charge is -2.41. The molecule has 1 atom stereocenters. The molecule has 2 rings (SSSR count). The molecule has 258 valence electrons. The number of alkyl carbamates (subject to hydrolysis) is 1. The SMILES string of the molecule is CCOS(=O)(=O)C=CC(CCc1ccc(OCCc2ccc(OC)cc2)cc1Cl)(CO[Si](C)(C)C(C)(C)C)NC(=O)OC(C)(C)C. The maximum atomic E-state index is 13.2. The molecule has 1 unspecified atom stereocenters. The van der Waals surface area contributed by atoms with Gasteiger partial charge in [-0.1, -0.05) is 50.6 Å². The minimum Gasteiger partial charge on any atom is -0.497 e. The van der Waals surface area contributed by atoms with Crippen LogP contribution in [0.15, 0.2) is 53.9 Å². The van der Waals surface area contributed by atoms with Crippen molar-refractivity contribution in [3.05, 3.63) is 70.1 Å². The van der Waals surface area contributed by atoms with Crippen LogP contribution in [0.3, 0.4) is 0 Å². The summed E-state index contributed by atoms with van der Waals surface area (Å²) in [5.74, 6) is 1.43. The zero-order chi connectivity index (χ0) is 34.8. The van der Waals surface area contributed by atoms with Crippen LogP contribution in [0.2, 0.25) is 23.2 Å². The topological polar surface area (TPSA) is 109 Å². The van der Waals surface area contributed by atoms with Gasteiger partial charge in [0.1, 0.15) is 17.1 Å². The van der Waals surface area contributed by atoms with Gasteiger partial charge in [0.25, 0.3) is 10.1 Å². The third-order valence-corrected chi connectivity index (χ3v) is 13.6. The smallest absolute Gasteiger partial charge is 0.408 e. The number of rotatable bonds is 16. The van der Waals surface area contributed by atoms with Gasteiger partial charge in [-0.05, 0) is 100 Å². The molecule has 0 fully saturated rings. The molecule has 2 aromatic rings. The van der Waals surface area contributed by atoms with Crippen molar-refractivity contribution in [2.45, 2.75) is 97.0 Å². The number of methoxy groups -OCH3 is 1. The molecule has 1 N–H and O–H groups in total. The molecule has 0 aromatic heterocycles. The predicted molar refractivity (Wildman–Crippen MR) is 187 cm³/mol. The van der Waals surface area contributed by atoms with Crippen LogP contribution in [0.4, 0.5) is 4.79 Å². The third kappa shape index (κ3) is 13.3. The van der Waals surface area contributed by atoms with E-state index in [2.05, 4.69) is 39.2 Å². The van der Waals surface area contributed by atoms with Gasteiger partial charge in [-0.2, -0.15) is 8.42 Å². The first kappa shape index (κ1) is 39.6. The number of hydrogen-bond donors (Lipinski definition) is 1. The molecule has 0 aliphatic rings. The number of benzene rings is 2. The Bertz CT molecular complexity index is 1420. The predicted octanol–water partition coefficient (Wildman–Crippen LogP) is 8.07. The fraction of sp³-hybridized carbons (Fsp3) is 0.559. The van der Waals surface area contributed by atoms with Gasteiger partial charge >= 0.3 is 6.09 Å². The van der Waals surface area contributed by atoms with Crippen molar-refractivity contribution in [3.63, 3.8) is 0 Å². The largest absolute Gasteiger partial charge is 0.497 e. The van der Waals surface area contributed by atoms with Crippen molar-refractivity contribution in [2.75, 3.05) is 26.9 Å². The van der Waals surface area contributed by atoms with E-state index in [0.717, 1.165) is 22.3 Å². The molecule has 1 amide bonds. The average Bonchev–Trinajstić information content (AvgIpc) is 2.93. The second-order valence-corrected chi connectivity index (χ2v) is 20.4. The molecule has 46 heavy (non-hydrogen) atoms. The summed E-state index contributed by atoms with van der Waals surface area (Å²) < 4.78 is 53.5. The van der Waals surface area contributed by atoms with E-state index in [0.29, 0.717) is 30.2 Å². The van der Waals surface area contributed by atoms with Gasteiger partial charge in [0.15, 0.2) is 8.32 Å². The third-order valence-electron chi connectivity index (χ3n) is 7.77. The lowest BCUT2D eigenvalue weighted by atomic mass is 9.92. The van der Waals surface area contributed by atoms with Crippen LogP contribution in [0, 0.1) is 0 Å². The number of aryl methyl sites for hydroxylation is 1. The highest BCUT2D eigenvalue weighted by Crippen LogP contribution is 2.38. The molecule has 0 saturated heterocycles. The minimum atomic E-state index is -4.01. The molecule has 2 aromatic carbocycles. The summed E-state index contributed by atoms with van der Waals surface area (Å²) in [4.78, 5) is 13.2. The van der Waals surface area contributed by atoms with Gasteiger partial charge in [0.05, 0.1) is 37.9 Å². The van der Waals surface area contributed by atoms with Crippen molar-refractivity contribution >= 4 is 36.1 Å². The van der Waals surface area contributed by atoms with Crippen molar-refractivity contribution < 1.29 is 36.0 Å². The molecule has 0 saturated carbocycles. The molecule has 9 nitrogen and oxygen atoms in total. The van der Waals surface area contributed by atoms with E-state index >= 15 is 0 Å². The van der Waals surface area contributed by atoms with E-state index < -0.39 is 35.7 Å². The second kappa shape index (κ2) is 16.5. The van der Waals surface area contributed by atoms with Gasteiger partial charge in [-0.25, -0.2) is 4.79 Å². The molecular formula is C34H52ClNO8SSi. The summed E-state index contributed by atoms with van der Waals surface area (Å²) in [6.07, 6.45) is 2.10. The standard InChI is InChI=1S/C34H52ClNO8SSi/c1-11-42-45(38,39)23-21-34(36-31(37)44-32(2,3)4,25-43-46(9,10)33(5,6)7)20-18-27-14-17-29(24-30(27)35)41-22-19-26-12-15-28(40-8)16-13-26/h12-17,21,23-24H,11,18-20,22,25H2,1-10H3,(H,36,37). The first-order valence-corrected chi connectivity index (χ1v) is 20.2. The number of halogens is 1. The van der Waals surface area contributed by atoms with Crippen molar-refractivity contribution in [1.29, 1.82) is 0 Å². The molecule has 0 spiro atoms. The number of hydrogen-bond acceptors (Lipinski definition) is 8. The summed E-state index contributed by atoms with van der Waals surface area (Å²) in [5, 5.41) is 4.27. The number of carbonyl (C=O) groups is 1. The number of amides is 1. The first-order valence-electron chi connectivity index (χ1n) is 15.5. The fourth-order valence-electron chi connectivity index (χ4n) is 4.05. The molecular weight excluding hydrogens is 646 g/mol. The molecule has 0 bridgehead atoms. The van der Waals surface area contributed by atoms with Gasteiger partial charge in [-0.3, -0.25) is 4.18 Å². The van der Waals surface area contributed by atoms with Crippen molar-refractivity contribution in [1.82, 2.24) is 5.32 Å². The Hall–Kier alpha value is -2.57. The molecule has 0 aliphatic carbocycles. The van der Waals surface area contributed by atoms with E-state index in [1.165, 1.54) is 6.08 Å². The van der Waals surface area contributed by atoms with Crippen LogP contribution in [-0.4, -0.2) is 60.9 Å². The highest BCUT2D eigenvalue weighted by molar-refractivity contribution is 7.89. The van der Waals surface area contributed by atoms with Gasteiger partial charge in [-0.15, -0.1) is 0 Å². The van der Waals surface area contributed by atoms with E-state index in [-0.39, 0.29) is 24.7 Å². The van der Waals surface area contributed by atoms with Crippen LogP contribution in [0.25, 0.3) is 0 Å². The van der Waals surface area contributed by atoms with Crippen LogP contribution >= 0.6 is 11.6 Å². The van der Waals surface area contributed by atoms with Gasteiger partial charge in [0.2, 0.25) is 0 Å². The van der Waals surface area contributed by atoms with Crippen LogP contribution in [0.1, 0.15) is 66.0 Å². The van der Waals surface area contributed by atoms with Crippen molar-refractivity contribution in [3.8, 4) is 11.5 Å². The number of carbonyl (C=O) groups excluding carboxylic acids is 1. The zero-order valence-electron chi connectivity index (χ0n) is 29.0. The highest BCUT2D eigenvalue weighted by atomic mass is 35.5. The Labute approximate surface area is 282 Å². The highest BCUT2D eigenvalue weighted by Gasteiger charge is 2.41. The number of ether oxygens (including phenoxy) is 3. The maximum absolute atomic E-state index is 13.2. The minimum absolute atomic E-state index is 0.0189. The van der Waals surface area contributed by atoms with Crippen LogP contribution < -0.4 is 14.8 Å². The number of nitrogens with one attached hydrogen (secondary N) is 1. The van der Waals surface area contributed by atoms with Crippen LogP contribution in [0.5, 0.6) is 11.5 Å². The lowest BCUT2D eigenvalue weighted by molar-refractivity contribution is 0.0437. The first-order chi connectivity index (χ1) is 21.2. The quantitative estimate of drug-likeness (QED) is 0.139. The molecule has 0 aliphatic heterocycles. The lowest BCUT2D eigenvalue weighted by Crippen LogP contribution is -2.55. The average molecular weight is 698 g/mol. The molecule has 0 heterocycles. The Morgan fingerprint density at radius 3 is 2.15 bits per heavy atom. The van der Waals surface area contributed by atoms with E-state index in [1.54, 1.807) is 40.9 Å². The fourth-order valence-corrected chi connectivity index (χ4v) is 6.20. The Kier molecular flexibility index (Phi) is 14.2. The Balaban J connectivity index is 2.34. The summed E-state index contributed by atoms with van der Waals surface area (Å²) in [5.41, 5.74) is -0.118. The molecule has 12 heteroatoms. The van der Waals surface area contributed by atoms with E-state index in [1.807, 2.05) is 36.4 Å². The van der Waals surface area contributed by atoms with Crippen molar-refractivity contribution in [2.24, 2.45) is 0 Å². The zero-order valence-corrected chi connectivity index (χ0v) is 31.6. The van der Waals surface area contributed by atoms with Gasteiger partial charge < -0.3 is 24.0 Å². The maximum Gasteiger partial charge on any atom is 0.408 e. The van der Waals surface area contributed by atoms with E-state index in [9.17, 15) is 13.2 Å². The monoisotopic (exact) mass is 697 g/mol. The Morgan fingerprint density at radius 1 is 0.978 bits per heavy atom. The van der Waals surface area contributed by atoms with Gasteiger partial charge in [0, 0.05) is 11.4 Å². The summed E-state index contributed by atoms with van der Waals surface area (Å²) in [7, 11) is -4.71. The normalized spacial score (nSPS) is 14.2. The summed E-state index contributed by atoms with van der Waals surface area (Å²) >= 11 is 6.72. The summed E-state index contributed by atoms with van der Waals surface area (Å²) in [6.45, 7) is 17.8. The molecule has 0 radical (unpaired) electrons. The summed E-state index contributed by atoms with van der Waals surface area (Å²) in [6, 6.07) is 13.3. The second-order valence-electron chi connectivity index (χ2n) is 13.7. The van der Waals surface area contributed by atoms with E-state index in [4.69, 9.17) is 34.4 Å². The Morgan fingerprint density at radius 2 is 1.61 bits per heavy atom.